The highest BCUT2D eigenvalue weighted by molar-refractivity contribution is 5.95. The Bertz CT molecular complexity index is 2000. The van der Waals surface area contributed by atoms with Crippen LogP contribution in [0.15, 0.2) is 137 Å². The summed E-state index contributed by atoms with van der Waals surface area (Å²) in [5, 5.41) is 0. The molecule has 50 heavy (non-hydrogen) atoms. The van der Waals surface area contributed by atoms with E-state index in [0.29, 0.717) is 10.8 Å². The Hall–Kier alpha value is -5.54. The van der Waals surface area contributed by atoms with Crippen LogP contribution >= 0.6 is 0 Å². The molecule has 1 saturated heterocycles. The molecule has 8 nitrogen and oxygen atoms in total. The number of ether oxygens (including phenoxy) is 3. The Labute approximate surface area is 285 Å². The Morgan fingerprint density at radius 3 is 1.80 bits per heavy atom. The van der Waals surface area contributed by atoms with Crippen molar-refractivity contribution in [2.45, 2.75) is 36.6 Å². The molecule has 0 aliphatic carbocycles. The van der Waals surface area contributed by atoms with Crippen molar-refractivity contribution >= 4 is 5.91 Å². The highest BCUT2D eigenvalue weighted by Gasteiger charge is 2.44. The summed E-state index contributed by atoms with van der Waals surface area (Å²) < 4.78 is 62.2. The summed E-state index contributed by atoms with van der Waals surface area (Å²) in [5.41, 5.74) is -3.72. The first-order valence-electron chi connectivity index (χ1n) is 15.7. The van der Waals surface area contributed by atoms with Crippen molar-refractivity contribution in [1.82, 2.24) is 9.13 Å². The van der Waals surface area contributed by atoms with Crippen LogP contribution in [0.5, 0.6) is 0 Å². The maximum absolute atomic E-state index is 14.2. The molecule has 1 fully saturated rings. The quantitative estimate of drug-likeness (QED) is 0.132. The first kappa shape index (κ1) is 34.3. The number of alkyl halides is 3. The maximum atomic E-state index is 14.2. The molecule has 0 amide bonds. The number of terminal acetylenes is 1. The fourth-order valence-corrected chi connectivity index (χ4v) is 6.19. The van der Waals surface area contributed by atoms with Crippen LogP contribution in [0.2, 0.25) is 0 Å². The average Bonchev–Trinajstić information content (AvgIpc) is 3.54. The zero-order chi connectivity index (χ0) is 35.3. The predicted octanol–water partition coefficient (Wildman–Crippen LogP) is 6.03. The highest BCUT2D eigenvalue weighted by atomic mass is 19.4. The minimum absolute atomic E-state index is 0.0200. The van der Waals surface area contributed by atoms with Gasteiger partial charge in [-0.25, -0.2) is 4.79 Å². The van der Waals surface area contributed by atoms with E-state index in [1.165, 1.54) is 24.3 Å². The molecule has 254 valence electrons. The van der Waals surface area contributed by atoms with Gasteiger partial charge in [-0.15, -0.1) is 6.42 Å². The van der Waals surface area contributed by atoms with Crippen LogP contribution in [-0.2, 0) is 26.0 Å². The molecule has 0 radical (unpaired) electrons. The third kappa shape index (κ3) is 6.69. The summed E-state index contributed by atoms with van der Waals surface area (Å²) in [4.78, 5) is 40.0. The number of nitrogens with zero attached hydrogens (tertiary/aromatic N) is 2. The van der Waals surface area contributed by atoms with E-state index < -0.39 is 52.9 Å². The summed E-state index contributed by atoms with van der Waals surface area (Å²) in [6.45, 7) is -0.318. The van der Waals surface area contributed by atoms with Gasteiger partial charge in [-0.1, -0.05) is 115 Å². The van der Waals surface area contributed by atoms with Crippen molar-refractivity contribution < 1.29 is 32.2 Å². The van der Waals surface area contributed by atoms with Gasteiger partial charge in [-0.2, -0.15) is 17.7 Å². The van der Waals surface area contributed by atoms with Gasteiger partial charge < -0.3 is 14.2 Å². The zero-order valence-corrected chi connectivity index (χ0v) is 26.5. The molecule has 0 spiro atoms. The second-order valence-electron chi connectivity index (χ2n) is 11.6. The van der Waals surface area contributed by atoms with E-state index in [1.54, 1.807) is 6.07 Å². The molecule has 4 aromatic carbocycles. The summed E-state index contributed by atoms with van der Waals surface area (Å²) >= 11 is 0. The first-order chi connectivity index (χ1) is 24.1. The second-order valence-corrected chi connectivity index (χ2v) is 11.6. The smallest absolute Gasteiger partial charge is 0.363 e. The Morgan fingerprint density at radius 1 is 0.820 bits per heavy atom. The third-order valence-electron chi connectivity index (χ3n) is 8.52. The van der Waals surface area contributed by atoms with Crippen LogP contribution < -0.4 is 11.2 Å². The van der Waals surface area contributed by atoms with Crippen molar-refractivity contribution in [3.05, 3.63) is 176 Å². The molecule has 3 atom stereocenters. The van der Waals surface area contributed by atoms with Crippen LogP contribution in [-0.4, -0.2) is 40.5 Å². The molecule has 6 rings (SSSR count). The summed E-state index contributed by atoms with van der Waals surface area (Å²) in [6, 6.07) is 35.6. The van der Waals surface area contributed by atoms with Crippen LogP contribution in [0.4, 0.5) is 13.2 Å². The van der Waals surface area contributed by atoms with Gasteiger partial charge >= 0.3 is 11.9 Å². The van der Waals surface area contributed by atoms with Crippen LogP contribution in [0.3, 0.4) is 0 Å². The number of benzene rings is 4. The Kier molecular flexibility index (Phi) is 9.97. The van der Waals surface area contributed by atoms with E-state index in [1.807, 2.05) is 91.0 Å². The number of carbonyl (C=O) groups excluding carboxylic acids is 1. The Morgan fingerprint density at radius 2 is 1.32 bits per heavy atom. The van der Waals surface area contributed by atoms with Crippen molar-refractivity contribution in [1.29, 1.82) is 0 Å². The van der Waals surface area contributed by atoms with Gasteiger partial charge in [0.15, 0.2) is 0 Å². The summed E-state index contributed by atoms with van der Waals surface area (Å²) in [7, 11) is 0. The molecule has 0 saturated carbocycles. The molecule has 2 heterocycles. The van der Waals surface area contributed by atoms with Gasteiger partial charge in [0.1, 0.15) is 30.1 Å². The fourth-order valence-electron chi connectivity index (χ4n) is 6.19. The molecule has 1 aromatic heterocycles. The summed E-state index contributed by atoms with van der Waals surface area (Å²) in [5.74, 6) is 1.17. The lowest BCUT2D eigenvalue weighted by Gasteiger charge is -2.37. The SMILES string of the molecule is C#CCO[C@H]1C[C@H](n2cc(C(F)(F)F)c(=O)n(C(=O)c3ccccc3)c2=O)O[C@@H]1COC(c1ccccc1)(c1ccccc1)c1ccccc1. The molecular formula is C39H31F3N2O6. The van der Waals surface area contributed by atoms with Crippen molar-refractivity contribution in [2.75, 3.05) is 13.2 Å². The molecular weight excluding hydrogens is 649 g/mol. The number of carbonyl (C=O) groups is 1. The van der Waals surface area contributed by atoms with Crippen LogP contribution in [0.1, 0.15) is 45.3 Å². The van der Waals surface area contributed by atoms with Gasteiger partial charge in [0, 0.05) is 18.2 Å². The molecule has 1 aliphatic rings. The highest BCUT2D eigenvalue weighted by Crippen LogP contribution is 2.42. The molecule has 0 N–H and O–H groups in total. The van der Waals surface area contributed by atoms with Gasteiger partial charge in [-0.05, 0) is 28.8 Å². The van der Waals surface area contributed by atoms with Gasteiger partial charge in [0.2, 0.25) is 0 Å². The molecule has 11 heteroatoms. The molecule has 5 aromatic rings. The lowest BCUT2D eigenvalue weighted by Crippen LogP contribution is -2.47. The second kappa shape index (κ2) is 14.5. The largest absolute Gasteiger partial charge is 0.423 e. The van der Waals surface area contributed by atoms with E-state index in [4.69, 9.17) is 20.6 Å². The molecule has 1 aliphatic heterocycles. The number of rotatable bonds is 10. The molecule has 0 unspecified atom stereocenters. The lowest BCUT2D eigenvalue weighted by atomic mass is 9.80. The van der Waals surface area contributed by atoms with Gasteiger partial charge in [-0.3, -0.25) is 14.2 Å². The number of aromatic nitrogens is 2. The zero-order valence-electron chi connectivity index (χ0n) is 26.5. The predicted molar refractivity (Wildman–Crippen MR) is 178 cm³/mol. The van der Waals surface area contributed by atoms with E-state index >= 15 is 0 Å². The van der Waals surface area contributed by atoms with E-state index in [2.05, 4.69) is 5.92 Å². The van der Waals surface area contributed by atoms with Gasteiger partial charge in [0.25, 0.3) is 11.5 Å². The third-order valence-corrected chi connectivity index (χ3v) is 8.52. The minimum atomic E-state index is -5.19. The van der Waals surface area contributed by atoms with E-state index in [9.17, 15) is 27.6 Å². The maximum Gasteiger partial charge on any atom is 0.423 e. The minimum Gasteiger partial charge on any atom is -0.363 e. The average molecular weight is 681 g/mol. The normalized spacial score (nSPS) is 17.7. The number of halogens is 3. The standard InChI is InChI=1S/C39H31F3N2O6/c1-2-23-48-32-24-34(43-25-31(39(40,41)42)36(46)44(37(43)47)35(45)27-15-7-3-8-16-27)50-33(32)26-49-38(28-17-9-4-10-18-28,29-19-11-5-12-20-29)30-21-13-6-14-22-30/h1,3-22,25,32-34H,23-24,26H2/t32-,33+,34+/m0/s1. The lowest BCUT2D eigenvalue weighted by molar-refractivity contribution is -0.140. The van der Waals surface area contributed by atoms with Crippen molar-refractivity contribution in [2.24, 2.45) is 0 Å². The molecule has 0 bridgehead atoms. The van der Waals surface area contributed by atoms with E-state index in [0.717, 1.165) is 16.7 Å². The van der Waals surface area contributed by atoms with E-state index in [-0.39, 0.29) is 29.8 Å². The first-order valence-corrected chi connectivity index (χ1v) is 15.7. The number of hydrogen-bond donors (Lipinski definition) is 0. The van der Waals surface area contributed by atoms with Crippen LogP contribution in [0.25, 0.3) is 0 Å². The number of hydrogen-bond acceptors (Lipinski definition) is 6. The monoisotopic (exact) mass is 680 g/mol. The Balaban J connectivity index is 1.42. The fraction of sp³-hybridized carbons (Fsp3) is 0.205. The van der Waals surface area contributed by atoms with Crippen molar-refractivity contribution in [3.8, 4) is 12.3 Å². The van der Waals surface area contributed by atoms with Gasteiger partial charge in [0.05, 0.1) is 12.7 Å². The summed E-state index contributed by atoms with van der Waals surface area (Å²) in [6.07, 6.45) is -2.63. The van der Waals surface area contributed by atoms with Crippen molar-refractivity contribution in [3.63, 3.8) is 0 Å². The topological polar surface area (TPSA) is 88.8 Å². The van der Waals surface area contributed by atoms with Crippen LogP contribution in [0, 0.1) is 12.3 Å².